The number of hydrogen-bond acceptors (Lipinski definition) is 5. The van der Waals surface area contributed by atoms with Gasteiger partial charge in [0.15, 0.2) is 0 Å². The molecule has 100 valence electrons. The van der Waals surface area contributed by atoms with Crippen LogP contribution in [0.5, 0.6) is 0 Å². The van der Waals surface area contributed by atoms with Crippen molar-refractivity contribution in [2.75, 3.05) is 40.1 Å². The molecule has 3 N–H and O–H groups in total. The number of aliphatic hydroxyl groups excluding tert-OH is 1. The first-order chi connectivity index (χ1) is 8.22. The van der Waals surface area contributed by atoms with Crippen LogP contribution in [0.25, 0.3) is 0 Å². The van der Waals surface area contributed by atoms with E-state index in [1.807, 2.05) is 6.92 Å². The van der Waals surface area contributed by atoms with Crippen LogP contribution in [0.4, 0.5) is 0 Å². The molecule has 0 aromatic rings. The zero-order valence-electron chi connectivity index (χ0n) is 10.4. The highest BCUT2D eigenvalue weighted by Crippen LogP contribution is 2.14. The molecule has 17 heavy (non-hydrogen) atoms. The quantitative estimate of drug-likeness (QED) is 0.522. The van der Waals surface area contributed by atoms with E-state index in [2.05, 4.69) is 10.6 Å². The topological polar surface area (TPSA) is 79.8 Å². The van der Waals surface area contributed by atoms with Gasteiger partial charge in [0.25, 0.3) is 0 Å². The molecule has 0 aliphatic carbocycles. The van der Waals surface area contributed by atoms with Crippen LogP contribution in [0.3, 0.4) is 0 Å². The zero-order valence-corrected chi connectivity index (χ0v) is 10.4. The van der Waals surface area contributed by atoms with Gasteiger partial charge in [0.1, 0.15) is 0 Å². The summed E-state index contributed by atoms with van der Waals surface area (Å²) in [6.45, 7) is 3.96. The van der Waals surface area contributed by atoms with Gasteiger partial charge in [0.05, 0.1) is 38.4 Å². The molecular formula is C11H22N2O4. The van der Waals surface area contributed by atoms with E-state index >= 15 is 0 Å². The fourth-order valence-corrected chi connectivity index (χ4v) is 1.93. The highest BCUT2D eigenvalue weighted by Gasteiger charge is 2.34. The summed E-state index contributed by atoms with van der Waals surface area (Å²) >= 11 is 0. The maximum atomic E-state index is 12.0. The van der Waals surface area contributed by atoms with Crippen molar-refractivity contribution in [1.29, 1.82) is 0 Å². The van der Waals surface area contributed by atoms with Crippen molar-refractivity contribution in [1.82, 2.24) is 10.6 Å². The van der Waals surface area contributed by atoms with E-state index in [0.29, 0.717) is 19.8 Å². The fourth-order valence-electron chi connectivity index (χ4n) is 1.93. The van der Waals surface area contributed by atoms with Crippen LogP contribution in [-0.2, 0) is 14.3 Å². The summed E-state index contributed by atoms with van der Waals surface area (Å²) in [5.74, 6) is -0.287. The Morgan fingerprint density at radius 1 is 1.59 bits per heavy atom. The van der Waals surface area contributed by atoms with Gasteiger partial charge in [-0.15, -0.1) is 0 Å². The number of carbonyl (C=O) groups excluding carboxylic acids is 1. The SMILES string of the molecule is CCNC1COCC1C(=O)NC(CO)COC. The van der Waals surface area contributed by atoms with Crippen molar-refractivity contribution in [2.45, 2.75) is 19.0 Å². The molecule has 1 fully saturated rings. The Labute approximate surface area is 102 Å². The van der Waals surface area contributed by atoms with Crippen molar-refractivity contribution >= 4 is 5.91 Å². The van der Waals surface area contributed by atoms with Crippen molar-refractivity contribution in [3.63, 3.8) is 0 Å². The van der Waals surface area contributed by atoms with Crippen LogP contribution < -0.4 is 10.6 Å². The minimum Gasteiger partial charge on any atom is -0.394 e. The van der Waals surface area contributed by atoms with E-state index in [9.17, 15) is 4.79 Å². The second-order valence-electron chi connectivity index (χ2n) is 4.15. The summed E-state index contributed by atoms with van der Waals surface area (Å²) in [5.41, 5.74) is 0. The molecule has 0 spiro atoms. The number of rotatable bonds is 7. The first kappa shape index (κ1) is 14.4. The molecule has 1 aliphatic heterocycles. The van der Waals surface area contributed by atoms with E-state index in [-0.39, 0.29) is 30.5 Å². The van der Waals surface area contributed by atoms with Gasteiger partial charge >= 0.3 is 0 Å². The number of amides is 1. The number of nitrogens with one attached hydrogen (secondary N) is 2. The van der Waals surface area contributed by atoms with Gasteiger partial charge in [-0.2, -0.15) is 0 Å². The molecule has 0 saturated carbocycles. The Morgan fingerprint density at radius 2 is 2.35 bits per heavy atom. The average molecular weight is 246 g/mol. The highest BCUT2D eigenvalue weighted by molar-refractivity contribution is 5.80. The number of ether oxygens (including phenoxy) is 2. The number of aliphatic hydroxyl groups is 1. The second-order valence-corrected chi connectivity index (χ2v) is 4.15. The molecule has 0 aromatic carbocycles. The maximum absolute atomic E-state index is 12.0. The Hall–Kier alpha value is -0.690. The molecule has 0 radical (unpaired) electrons. The third-order valence-corrected chi connectivity index (χ3v) is 2.82. The van der Waals surface area contributed by atoms with Crippen molar-refractivity contribution in [3.05, 3.63) is 0 Å². The van der Waals surface area contributed by atoms with Gasteiger partial charge in [-0.1, -0.05) is 6.92 Å². The lowest BCUT2D eigenvalue weighted by molar-refractivity contribution is -0.126. The first-order valence-corrected chi connectivity index (χ1v) is 5.94. The minimum atomic E-state index is -0.352. The lowest BCUT2D eigenvalue weighted by Crippen LogP contribution is -2.49. The monoisotopic (exact) mass is 246 g/mol. The lowest BCUT2D eigenvalue weighted by Gasteiger charge is -2.21. The van der Waals surface area contributed by atoms with Crippen LogP contribution in [0, 0.1) is 5.92 Å². The summed E-state index contributed by atoms with van der Waals surface area (Å²) in [6, 6.07) is -0.294. The van der Waals surface area contributed by atoms with Crippen molar-refractivity contribution < 1.29 is 19.4 Å². The van der Waals surface area contributed by atoms with Crippen LogP contribution in [0.2, 0.25) is 0 Å². The Bertz CT molecular complexity index is 238. The summed E-state index contributed by atoms with van der Waals surface area (Å²) in [6.07, 6.45) is 0. The van der Waals surface area contributed by atoms with E-state index in [1.54, 1.807) is 0 Å². The van der Waals surface area contributed by atoms with E-state index in [0.717, 1.165) is 6.54 Å². The Kier molecular flexibility index (Phi) is 6.43. The van der Waals surface area contributed by atoms with Gasteiger partial charge in [-0.3, -0.25) is 4.79 Å². The number of hydrogen-bond donors (Lipinski definition) is 3. The van der Waals surface area contributed by atoms with E-state index in [4.69, 9.17) is 14.6 Å². The van der Waals surface area contributed by atoms with Gasteiger partial charge in [-0.05, 0) is 6.54 Å². The van der Waals surface area contributed by atoms with Gasteiger partial charge in [0.2, 0.25) is 5.91 Å². The number of likely N-dealkylation sites (N-methyl/N-ethyl adjacent to an activating group) is 1. The highest BCUT2D eigenvalue weighted by atomic mass is 16.5. The van der Waals surface area contributed by atoms with Crippen LogP contribution in [0.15, 0.2) is 0 Å². The normalized spacial score (nSPS) is 25.8. The predicted octanol–water partition coefficient (Wildman–Crippen LogP) is -1.27. The van der Waals surface area contributed by atoms with Crippen molar-refractivity contribution in [3.8, 4) is 0 Å². The molecule has 6 heteroatoms. The molecule has 1 amide bonds. The predicted molar refractivity (Wildman–Crippen MR) is 62.7 cm³/mol. The van der Waals surface area contributed by atoms with Crippen LogP contribution >= 0.6 is 0 Å². The van der Waals surface area contributed by atoms with Crippen LogP contribution in [-0.4, -0.2) is 63.2 Å². The number of methoxy groups -OCH3 is 1. The Morgan fingerprint density at radius 3 is 2.94 bits per heavy atom. The smallest absolute Gasteiger partial charge is 0.227 e. The average Bonchev–Trinajstić information content (AvgIpc) is 2.77. The molecule has 1 heterocycles. The molecule has 1 saturated heterocycles. The first-order valence-electron chi connectivity index (χ1n) is 5.94. The molecule has 6 nitrogen and oxygen atoms in total. The summed E-state index contributed by atoms with van der Waals surface area (Å²) in [4.78, 5) is 12.0. The maximum Gasteiger partial charge on any atom is 0.227 e. The molecule has 3 atom stereocenters. The second kappa shape index (κ2) is 7.60. The Balaban J connectivity index is 2.44. The lowest BCUT2D eigenvalue weighted by atomic mass is 10.0. The molecule has 1 aliphatic rings. The van der Waals surface area contributed by atoms with Gasteiger partial charge in [0, 0.05) is 13.2 Å². The fraction of sp³-hybridized carbons (Fsp3) is 0.909. The zero-order chi connectivity index (χ0) is 12.7. The molecule has 3 unspecified atom stereocenters. The standard InChI is InChI=1S/C11H22N2O4/c1-3-12-10-7-17-6-9(10)11(15)13-8(4-14)5-16-2/h8-10,12,14H,3-7H2,1-2H3,(H,13,15). The molecule has 1 rings (SSSR count). The summed E-state index contributed by atoms with van der Waals surface area (Å²) in [5, 5.41) is 15.1. The largest absolute Gasteiger partial charge is 0.394 e. The minimum absolute atomic E-state index is 0.0573. The summed E-state index contributed by atoms with van der Waals surface area (Å²) < 4.78 is 10.2. The number of carbonyl (C=O) groups is 1. The molecule has 0 bridgehead atoms. The van der Waals surface area contributed by atoms with Gasteiger partial charge < -0.3 is 25.2 Å². The molecular weight excluding hydrogens is 224 g/mol. The van der Waals surface area contributed by atoms with Gasteiger partial charge in [-0.25, -0.2) is 0 Å². The molecule has 0 aromatic heterocycles. The van der Waals surface area contributed by atoms with E-state index < -0.39 is 0 Å². The third kappa shape index (κ3) is 4.23. The van der Waals surface area contributed by atoms with Crippen LogP contribution in [0.1, 0.15) is 6.92 Å². The third-order valence-electron chi connectivity index (χ3n) is 2.82. The summed E-state index contributed by atoms with van der Waals surface area (Å²) in [7, 11) is 1.54. The van der Waals surface area contributed by atoms with E-state index in [1.165, 1.54) is 7.11 Å². The van der Waals surface area contributed by atoms with Crippen molar-refractivity contribution in [2.24, 2.45) is 5.92 Å².